The van der Waals surface area contributed by atoms with Gasteiger partial charge in [0.05, 0.1) is 41.3 Å². The number of nitro benzene ring substituents is 1. The van der Waals surface area contributed by atoms with Crippen molar-refractivity contribution in [3.63, 3.8) is 0 Å². The summed E-state index contributed by atoms with van der Waals surface area (Å²) in [5, 5.41) is 12.5. The first kappa shape index (κ1) is 17.6. The number of benzene rings is 2. The molecule has 2 aromatic carbocycles. The summed E-state index contributed by atoms with van der Waals surface area (Å²) in [6, 6.07) is 12.8. The maximum atomic E-state index is 11.4. The van der Waals surface area contributed by atoms with Crippen molar-refractivity contribution in [2.45, 2.75) is 6.54 Å². The van der Waals surface area contributed by atoms with Crippen LogP contribution in [0.2, 0.25) is 0 Å². The SMILES string of the molecule is O=Cc1ccc(N2CC[NH+](Cc3nc4ccccc4s3)CC2)c([N+](=O)[O-])c1. The Kier molecular flexibility index (Phi) is 4.83. The number of rotatable bonds is 5. The summed E-state index contributed by atoms with van der Waals surface area (Å²) < 4.78 is 1.21. The van der Waals surface area contributed by atoms with Gasteiger partial charge in [0.25, 0.3) is 5.69 Å². The Morgan fingerprint density at radius 1 is 1.22 bits per heavy atom. The van der Waals surface area contributed by atoms with Crippen molar-refractivity contribution in [3.05, 3.63) is 63.1 Å². The van der Waals surface area contributed by atoms with Crippen molar-refractivity contribution in [2.75, 3.05) is 31.1 Å². The van der Waals surface area contributed by atoms with E-state index in [0.29, 0.717) is 17.5 Å². The molecule has 1 aromatic heterocycles. The van der Waals surface area contributed by atoms with Crippen LogP contribution in [-0.2, 0) is 6.54 Å². The Bertz CT molecular complexity index is 963. The van der Waals surface area contributed by atoms with Crippen LogP contribution in [-0.4, -0.2) is 42.4 Å². The molecule has 0 unspecified atom stereocenters. The lowest BCUT2D eigenvalue weighted by atomic mass is 10.1. The molecular weight excluding hydrogens is 364 g/mol. The number of hydrogen-bond donors (Lipinski definition) is 1. The fourth-order valence-electron chi connectivity index (χ4n) is 3.48. The van der Waals surface area contributed by atoms with Gasteiger partial charge in [-0.2, -0.15) is 0 Å². The number of aldehydes is 1. The molecule has 0 saturated carbocycles. The van der Waals surface area contributed by atoms with Gasteiger partial charge in [-0.05, 0) is 24.3 Å². The van der Waals surface area contributed by atoms with Gasteiger partial charge in [-0.15, -0.1) is 11.3 Å². The zero-order valence-corrected chi connectivity index (χ0v) is 15.4. The van der Waals surface area contributed by atoms with Crippen molar-refractivity contribution < 1.29 is 14.6 Å². The molecule has 138 valence electrons. The molecule has 8 heteroatoms. The number of thiazole rings is 1. The van der Waals surface area contributed by atoms with Crippen LogP contribution in [0.1, 0.15) is 15.4 Å². The molecule has 0 radical (unpaired) electrons. The quantitative estimate of drug-likeness (QED) is 0.414. The van der Waals surface area contributed by atoms with Crippen LogP contribution in [0.3, 0.4) is 0 Å². The molecule has 0 atom stereocenters. The smallest absolute Gasteiger partial charge is 0.293 e. The number of anilines is 1. The third kappa shape index (κ3) is 3.67. The monoisotopic (exact) mass is 383 g/mol. The molecule has 4 rings (SSSR count). The lowest BCUT2D eigenvalue weighted by Crippen LogP contribution is -3.13. The fourth-order valence-corrected chi connectivity index (χ4v) is 4.52. The van der Waals surface area contributed by atoms with Gasteiger partial charge < -0.3 is 9.80 Å². The van der Waals surface area contributed by atoms with Gasteiger partial charge in [-0.25, -0.2) is 4.98 Å². The van der Waals surface area contributed by atoms with Gasteiger partial charge in [0.2, 0.25) is 0 Å². The zero-order chi connectivity index (χ0) is 18.8. The van der Waals surface area contributed by atoms with Crippen molar-refractivity contribution in [2.24, 2.45) is 0 Å². The largest absolute Gasteiger partial charge is 0.355 e. The molecule has 0 bridgehead atoms. The number of carbonyl (C=O) groups is 1. The van der Waals surface area contributed by atoms with E-state index in [0.717, 1.165) is 43.2 Å². The molecule has 0 amide bonds. The van der Waals surface area contributed by atoms with E-state index < -0.39 is 4.92 Å². The van der Waals surface area contributed by atoms with Crippen LogP contribution in [0.15, 0.2) is 42.5 Å². The summed E-state index contributed by atoms with van der Waals surface area (Å²) in [6.45, 7) is 4.13. The first-order valence-electron chi connectivity index (χ1n) is 8.80. The molecule has 1 aliphatic heterocycles. The van der Waals surface area contributed by atoms with Crippen LogP contribution < -0.4 is 9.80 Å². The van der Waals surface area contributed by atoms with Crippen molar-refractivity contribution >= 4 is 39.2 Å². The topological polar surface area (TPSA) is 80.8 Å². The van der Waals surface area contributed by atoms with Gasteiger partial charge in [0.15, 0.2) is 0 Å². The third-order valence-corrected chi connectivity index (χ3v) is 5.92. The van der Waals surface area contributed by atoms with E-state index in [1.807, 2.05) is 23.1 Å². The Morgan fingerprint density at radius 2 is 2.00 bits per heavy atom. The summed E-state index contributed by atoms with van der Waals surface area (Å²) in [4.78, 5) is 30.0. The third-order valence-electron chi connectivity index (χ3n) is 4.88. The van der Waals surface area contributed by atoms with Gasteiger partial charge in [0.1, 0.15) is 23.5 Å². The van der Waals surface area contributed by atoms with E-state index in [1.54, 1.807) is 23.5 Å². The Morgan fingerprint density at radius 3 is 2.70 bits per heavy atom. The second-order valence-electron chi connectivity index (χ2n) is 6.61. The predicted molar refractivity (Wildman–Crippen MR) is 105 cm³/mol. The van der Waals surface area contributed by atoms with E-state index in [9.17, 15) is 14.9 Å². The summed E-state index contributed by atoms with van der Waals surface area (Å²) in [5.41, 5.74) is 1.95. The molecule has 2 heterocycles. The van der Waals surface area contributed by atoms with Crippen LogP contribution in [0, 0.1) is 10.1 Å². The number of quaternary nitrogens is 1. The molecular formula is C19H19N4O3S+. The molecule has 3 aromatic rings. The number of nitrogens with zero attached hydrogens (tertiary/aromatic N) is 3. The minimum absolute atomic E-state index is 0.00535. The average Bonchev–Trinajstić information content (AvgIpc) is 3.10. The van der Waals surface area contributed by atoms with E-state index in [4.69, 9.17) is 4.98 Å². The first-order chi connectivity index (χ1) is 13.1. The minimum atomic E-state index is -0.414. The van der Waals surface area contributed by atoms with Crippen molar-refractivity contribution in [3.8, 4) is 0 Å². The number of carbonyl (C=O) groups excluding carboxylic acids is 1. The molecule has 1 saturated heterocycles. The summed E-state index contributed by atoms with van der Waals surface area (Å²) in [5.74, 6) is 0. The number of aromatic nitrogens is 1. The van der Waals surface area contributed by atoms with Crippen LogP contribution in [0.4, 0.5) is 11.4 Å². The lowest BCUT2D eigenvalue weighted by molar-refractivity contribution is -0.914. The molecule has 27 heavy (non-hydrogen) atoms. The minimum Gasteiger partial charge on any atom is -0.355 e. The lowest BCUT2D eigenvalue weighted by Gasteiger charge is -2.33. The first-order valence-corrected chi connectivity index (χ1v) is 9.62. The van der Waals surface area contributed by atoms with E-state index in [2.05, 4.69) is 6.07 Å². The summed E-state index contributed by atoms with van der Waals surface area (Å²) >= 11 is 1.73. The highest BCUT2D eigenvalue weighted by atomic mass is 32.1. The molecule has 0 aliphatic carbocycles. The standard InChI is InChI=1S/C19H18N4O3S/c24-13-14-5-6-16(17(11-14)23(25)26)22-9-7-21(8-10-22)12-19-20-15-3-1-2-4-18(15)27-19/h1-6,11,13H,7-10,12H2/p+1. The highest BCUT2D eigenvalue weighted by Crippen LogP contribution is 2.29. The number of para-hydroxylation sites is 1. The van der Waals surface area contributed by atoms with E-state index in [-0.39, 0.29) is 5.69 Å². The average molecular weight is 383 g/mol. The Labute approximate surface area is 160 Å². The second-order valence-corrected chi connectivity index (χ2v) is 7.73. The summed E-state index contributed by atoms with van der Waals surface area (Å²) in [7, 11) is 0. The van der Waals surface area contributed by atoms with Gasteiger partial charge in [-0.3, -0.25) is 14.9 Å². The van der Waals surface area contributed by atoms with Crippen molar-refractivity contribution in [1.82, 2.24) is 4.98 Å². The Hall–Kier alpha value is -2.84. The van der Waals surface area contributed by atoms with Crippen LogP contribution in [0.25, 0.3) is 10.2 Å². The second kappa shape index (κ2) is 7.42. The molecule has 7 nitrogen and oxygen atoms in total. The van der Waals surface area contributed by atoms with Gasteiger partial charge >= 0.3 is 0 Å². The number of piperazine rings is 1. The number of hydrogen-bond acceptors (Lipinski definition) is 6. The highest BCUT2D eigenvalue weighted by Gasteiger charge is 2.26. The molecule has 1 N–H and O–H groups in total. The van der Waals surface area contributed by atoms with Gasteiger partial charge in [0, 0.05) is 11.6 Å². The predicted octanol–water partition coefficient (Wildman–Crippen LogP) is 1.92. The molecule has 1 aliphatic rings. The Balaban J connectivity index is 1.44. The number of nitro groups is 1. The van der Waals surface area contributed by atoms with Crippen LogP contribution in [0.5, 0.6) is 0 Å². The fraction of sp³-hybridized carbons (Fsp3) is 0.263. The summed E-state index contributed by atoms with van der Waals surface area (Å²) in [6.07, 6.45) is 0.636. The van der Waals surface area contributed by atoms with E-state index >= 15 is 0 Å². The molecule has 0 spiro atoms. The highest BCUT2D eigenvalue weighted by molar-refractivity contribution is 7.18. The maximum absolute atomic E-state index is 11.4. The maximum Gasteiger partial charge on any atom is 0.293 e. The van der Waals surface area contributed by atoms with E-state index in [1.165, 1.54) is 15.7 Å². The van der Waals surface area contributed by atoms with Crippen LogP contribution >= 0.6 is 11.3 Å². The molecule has 1 fully saturated rings. The number of fused-ring (bicyclic) bond motifs is 1. The zero-order valence-electron chi connectivity index (χ0n) is 14.6. The van der Waals surface area contributed by atoms with Gasteiger partial charge in [-0.1, -0.05) is 12.1 Å². The van der Waals surface area contributed by atoms with Crippen molar-refractivity contribution in [1.29, 1.82) is 0 Å². The number of nitrogens with one attached hydrogen (secondary N) is 1. The normalized spacial score (nSPS) is 15.2.